The van der Waals surface area contributed by atoms with E-state index in [4.69, 9.17) is 9.94 Å². The minimum absolute atomic E-state index is 0.334. The molecule has 0 aromatic heterocycles. The van der Waals surface area contributed by atoms with E-state index in [-0.39, 0.29) is 0 Å². The van der Waals surface area contributed by atoms with E-state index in [1.807, 2.05) is 24.3 Å². The number of hydrogen-bond donors (Lipinski definition) is 1. The van der Waals surface area contributed by atoms with Crippen LogP contribution in [0.4, 0.5) is 0 Å². The lowest BCUT2D eigenvalue weighted by Crippen LogP contribution is -2.29. The molecule has 0 aliphatic heterocycles. The number of nitrogens with zero attached hydrogens (tertiary/aromatic N) is 1. The van der Waals surface area contributed by atoms with Gasteiger partial charge in [-0.05, 0) is 50.7 Å². The Kier molecular flexibility index (Phi) is 4.83. The van der Waals surface area contributed by atoms with Crippen molar-refractivity contribution in [1.29, 1.82) is 0 Å². The summed E-state index contributed by atoms with van der Waals surface area (Å²) in [4.78, 5) is 0. The molecular weight excluding hydrogens is 238 g/mol. The normalized spacial score (nSPS) is 24.2. The minimum atomic E-state index is 0.334. The number of rotatable bonds is 4. The molecule has 1 fully saturated rings. The Bertz CT molecular complexity index is 442. The van der Waals surface area contributed by atoms with Gasteiger partial charge in [0, 0.05) is 5.56 Å². The van der Waals surface area contributed by atoms with Gasteiger partial charge in [0.2, 0.25) is 0 Å². The van der Waals surface area contributed by atoms with Crippen molar-refractivity contribution in [2.24, 2.45) is 11.1 Å². The zero-order valence-electron chi connectivity index (χ0n) is 11.8. The molecule has 3 nitrogen and oxygen atoms in total. The fraction of sp³-hybridized carbons (Fsp3) is 0.562. The van der Waals surface area contributed by atoms with Crippen molar-refractivity contribution in [2.75, 3.05) is 0 Å². The van der Waals surface area contributed by atoms with Crippen molar-refractivity contribution in [2.45, 2.75) is 52.1 Å². The predicted octanol–water partition coefficient (Wildman–Crippen LogP) is 4.23. The standard InChI is InChI=1S/C16H23NO2/c1-3-13-7-4-5-10-16(13)19-15-9-6-8-14(11-15)12(2)17-18/h6,8-9,11,13,16,18H,3-5,7,10H2,1-2H3. The third-order valence-corrected chi connectivity index (χ3v) is 4.05. The fourth-order valence-corrected chi connectivity index (χ4v) is 2.82. The molecule has 0 spiro atoms. The summed E-state index contributed by atoms with van der Waals surface area (Å²) in [6.07, 6.45) is 6.53. The van der Waals surface area contributed by atoms with Gasteiger partial charge in [0.05, 0.1) is 5.71 Å². The quantitative estimate of drug-likeness (QED) is 0.500. The number of oxime groups is 1. The van der Waals surface area contributed by atoms with E-state index in [9.17, 15) is 0 Å². The summed E-state index contributed by atoms with van der Waals surface area (Å²) in [6, 6.07) is 7.81. The summed E-state index contributed by atoms with van der Waals surface area (Å²) in [6.45, 7) is 4.03. The van der Waals surface area contributed by atoms with Crippen LogP contribution in [0.1, 0.15) is 51.5 Å². The molecule has 0 heterocycles. The average molecular weight is 261 g/mol. The van der Waals surface area contributed by atoms with Crippen LogP contribution in [-0.4, -0.2) is 17.0 Å². The molecule has 1 saturated carbocycles. The van der Waals surface area contributed by atoms with Crippen LogP contribution in [0.15, 0.2) is 29.4 Å². The highest BCUT2D eigenvalue weighted by Crippen LogP contribution is 2.30. The maximum absolute atomic E-state index is 8.83. The molecule has 1 aromatic rings. The van der Waals surface area contributed by atoms with Gasteiger partial charge in [0.1, 0.15) is 11.9 Å². The first-order valence-corrected chi connectivity index (χ1v) is 7.20. The van der Waals surface area contributed by atoms with Gasteiger partial charge in [0.25, 0.3) is 0 Å². The third-order valence-electron chi connectivity index (χ3n) is 4.05. The average Bonchev–Trinajstić information content (AvgIpc) is 2.47. The lowest BCUT2D eigenvalue weighted by molar-refractivity contribution is 0.0904. The molecule has 1 aliphatic carbocycles. The Morgan fingerprint density at radius 1 is 1.37 bits per heavy atom. The lowest BCUT2D eigenvalue weighted by atomic mass is 9.85. The van der Waals surface area contributed by atoms with E-state index in [0.717, 1.165) is 17.7 Å². The predicted molar refractivity (Wildman–Crippen MR) is 77.1 cm³/mol. The van der Waals surface area contributed by atoms with E-state index < -0.39 is 0 Å². The Morgan fingerprint density at radius 3 is 2.89 bits per heavy atom. The maximum Gasteiger partial charge on any atom is 0.120 e. The summed E-state index contributed by atoms with van der Waals surface area (Å²) in [7, 11) is 0. The first kappa shape index (κ1) is 13.9. The Balaban J connectivity index is 2.09. The van der Waals surface area contributed by atoms with Crippen LogP contribution in [0.3, 0.4) is 0 Å². The molecule has 2 atom stereocenters. The van der Waals surface area contributed by atoms with Crippen molar-refractivity contribution in [3.05, 3.63) is 29.8 Å². The maximum atomic E-state index is 8.83. The monoisotopic (exact) mass is 261 g/mol. The smallest absolute Gasteiger partial charge is 0.120 e. The molecular formula is C16H23NO2. The fourth-order valence-electron chi connectivity index (χ4n) is 2.82. The summed E-state index contributed by atoms with van der Waals surface area (Å²) < 4.78 is 6.16. The van der Waals surface area contributed by atoms with E-state index >= 15 is 0 Å². The van der Waals surface area contributed by atoms with E-state index in [2.05, 4.69) is 12.1 Å². The molecule has 1 aliphatic rings. The highest BCUT2D eigenvalue weighted by molar-refractivity contribution is 5.98. The lowest BCUT2D eigenvalue weighted by Gasteiger charge is -2.31. The first-order chi connectivity index (χ1) is 9.24. The first-order valence-electron chi connectivity index (χ1n) is 7.20. The minimum Gasteiger partial charge on any atom is -0.490 e. The van der Waals surface area contributed by atoms with Crippen LogP contribution >= 0.6 is 0 Å². The molecule has 1 N–H and O–H groups in total. The number of hydrogen-bond acceptors (Lipinski definition) is 3. The molecule has 0 bridgehead atoms. The summed E-state index contributed by atoms with van der Waals surface area (Å²) in [5, 5.41) is 12.1. The largest absolute Gasteiger partial charge is 0.490 e. The van der Waals surface area contributed by atoms with Gasteiger partial charge in [-0.15, -0.1) is 0 Å². The van der Waals surface area contributed by atoms with E-state index in [1.165, 1.54) is 25.7 Å². The van der Waals surface area contributed by atoms with Gasteiger partial charge in [0.15, 0.2) is 0 Å². The van der Waals surface area contributed by atoms with Crippen molar-refractivity contribution in [1.82, 2.24) is 0 Å². The molecule has 0 amide bonds. The van der Waals surface area contributed by atoms with E-state index in [1.54, 1.807) is 6.92 Å². The Labute approximate surface area is 115 Å². The molecule has 104 valence electrons. The van der Waals surface area contributed by atoms with Crippen LogP contribution in [0.25, 0.3) is 0 Å². The Hall–Kier alpha value is -1.51. The third kappa shape index (κ3) is 3.49. The highest BCUT2D eigenvalue weighted by atomic mass is 16.5. The second-order valence-corrected chi connectivity index (χ2v) is 5.32. The van der Waals surface area contributed by atoms with Crippen LogP contribution < -0.4 is 4.74 Å². The zero-order valence-corrected chi connectivity index (χ0v) is 11.8. The van der Waals surface area contributed by atoms with Crippen LogP contribution in [-0.2, 0) is 0 Å². The van der Waals surface area contributed by atoms with Gasteiger partial charge < -0.3 is 9.94 Å². The van der Waals surface area contributed by atoms with E-state index in [0.29, 0.717) is 17.7 Å². The molecule has 2 rings (SSSR count). The van der Waals surface area contributed by atoms with Crippen molar-refractivity contribution >= 4 is 5.71 Å². The van der Waals surface area contributed by atoms with Crippen LogP contribution in [0.2, 0.25) is 0 Å². The summed E-state index contributed by atoms with van der Waals surface area (Å²) >= 11 is 0. The second-order valence-electron chi connectivity index (χ2n) is 5.32. The van der Waals surface area contributed by atoms with Crippen molar-refractivity contribution in [3.63, 3.8) is 0 Å². The molecule has 3 heteroatoms. The second kappa shape index (κ2) is 6.60. The van der Waals surface area contributed by atoms with Crippen molar-refractivity contribution in [3.8, 4) is 5.75 Å². The number of ether oxygens (including phenoxy) is 1. The molecule has 2 unspecified atom stereocenters. The molecule has 19 heavy (non-hydrogen) atoms. The van der Waals surface area contributed by atoms with Crippen LogP contribution in [0, 0.1) is 5.92 Å². The zero-order chi connectivity index (χ0) is 13.7. The van der Waals surface area contributed by atoms with Gasteiger partial charge in [-0.2, -0.15) is 0 Å². The van der Waals surface area contributed by atoms with Gasteiger partial charge in [-0.3, -0.25) is 0 Å². The van der Waals surface area contributed by atoms with Gasteiger partial charge >= 0.3 is 0 Å². The van der Waals surface area contributed by atoms with Crippen molar-refractivity contribution < 1.29 is 9.94 Å². The summed E-state index contributed by atoms with van der Waals surface area (Å²) in [5.41, 5.74) is 1.52. The van der Waals surface area contributed by atoms with Gasteiger partial charge in [-0.1, -0.05) is 30.6 Å². The topological polar surface area (TPSA) is 41.8 Å². The molecule has 0 radical (unpaired) electrons. The molecule has 0 saturated heterocycles. The SMILES string of the molecule is CCC1CCCCC1Oc1cccc(C(C)=NO)c1. The van der Waals surface area contributed by atoms with Gasteiger partial charge in [-0.25, -0.2) is 0 Å². The molecule has 1 aromatic carbocycles. The summed E-state index contributed by atoms with van der Waals surface area (Å²) in [5.74, 6) is 1.55. The number of benzene rings is 1. The highest BCUT2D eigenvalue weighted by Gasteiger charge is 2.25. The van der Waals surface area contributed by atoms with Crippen LogP contribution in [0.5, 0.6) is 5.75 Å². The Morgan fingerprint density at radius 2 is 2.16 bits per heavy atom.